The summed E-state index contributed by atoms with van der Waals surface area (Å²) in [6.45, 7) is 0. The van der Waals surface area contributed by atoms with Crippen molar-refractivity contribution in [3.05, 3.63) is 69.4 Å². The van der Waals surface area contributed by atoms with Gasteiger partial charge >= 0.3 is 0 Å². The topological polar surface area (TPSA) is 23.8 Å². The smallest absolute Gasteiger partial charge is 0.0998 e. The van der Waals surface area contributed by atoms with E-state index in [1.54, 1.807) is 0 Å². The zero-order valence-electron chi connectivity index (χ0n) is 10.5. The highest BCUT2D eigenvalue weighted by atomic mass is 35.5. The van der Waals surface area contributed by atoms with Gasteiger partial charge in [0.1, 0.15) is 0 Å². The zero-order chi connectivity index (χ0) is 13.9. The molecule has 0 spiro atoms. The largest absolute Gasteiger partial charge is 0.192 e. The van der Waals surface area contributed by atoms with Gasteiger partial charge in [-0.25, -0.2) is 0 Å². The van der Waals surface area contributed by atoms with Crippen molar-refractivity contribution in [1.29, 1.82) is 5.26 Å². The number of halogens is 1. The van der Waals surface area contributed by atoms with E-state index in [-0.39, 0.29) is 0 Å². The Labute approximate surface area is 126 Å². The highest BCUT2D eigenvalue weighted by Crippen LogP contribution is 2.27. The molecule has 1 nitrogen and oxygen atoms in total. The minimum Gasteiger partial charge on any atom is -0.192 e. The molecule has 96 valence electrons. The minimum absolute atomic E-state index is 0.647. The molecule has 0 radical (unpaired) electrons. The maximum Gasteiger partial charge on any atom is 0.0998 e. The Hall–Kier alpha value is -2.08. The molecule has 3 heteroatoms. The predicted molar refractivity (Wildman–Crippen MR) is 86.8 cm³/mol. The quantitative estimate of drug-likeness (QED) is 0.563. The standard InChI is InChI=1S/C17H10ClNS/c18-17-8-7-16(20-17)10-15(11-19)14-6-5-12-3-1-2-4-13(12)9-14/h1-10H/b15-10-. The molecule has 0 saturated carbocycles. The fraction of sp³-hybridized carbons (Fsp3) is 0. The predicted octanol–water partition coefficient (Wildman–Crippen LogP) is 5.62. The van der Waals surface area contributed by atoms with Crippen molar-refractivity contribution >= 4 is 45.4 Å². The van der Waals surface area contributed by atoms with Gasteiger partial charge in [-0.05, 0) is 40.6 Å². The molecule has 0 N–H and O–H groups in total. The van der Waals surface area contributed by atoms with Gasteiger partial charge in [0, 0.05) is 4.88 Å². The third-order valence-electron chi connectivity index (χ3n) is 3.06. The van der Waals surface area contributed by atoms with Gasteiger partial charge in [0.05, 0.1) is 16.0 Å². The molecule has 0 unspecified atom stereocenters. The van der Waals surface area contributed by atoms with E-state index in [2.05, 4.69) is 18.2 Å². The van der Waals surface area contributed by atoms with Gasteiger partial charge in [-0.15, -0.1) is 11.3 Å². The summed E-state index contributed by atoms with van der Waals surface area (Å²) in [5, 5.41) is 11.7. The Morgan fingerprint density at radius 1 is 1.05 bits per heavy atom. The van der Waals surface area contributed by atoms with Crippen LogP contribution in [0, 0.1) is 11.3 Å². The first kappa shape index (κ1) is 12.9. The molecule has 0 aliphatic rings. The van der Waals surface area contributed by atoms with E-state index in [0.29, 0.717) is 5.57 Å². The summed E-state index contributed by atoms with van der Waals surface area (Å²) < 4.78 is 0.729. The van der Waals surface area contributed by atoms with Gasteiger partial charge in [0.15, 0.2) is 0 Å². The third-order valence-corrected chi connectivity index (χ3v) is 4.24. The fourth-order valence-corrected chi connectivity index (χ4v) is 3.09. The second-order valence-corrected chi connectivity index (χ2v) is 6.12. The van der Waals surface area contributed by atoms with E-state index in [4.69, 9.17) is 11.6 Å². The average Bonchev–Trinajstić information content (AvgIpc) is 2.89. The van der Waals surface area contributed by atoms with Gasteiger partial charge < -0.3 is 0 Å². The number of nitrogens with zero attached hydrogens (tertiary/aromatic N) is 1. The van der Waals surface area contributed by atoms with Crippen molar-refractivity contribution in [3.8, 4) is 6.07 Å². The number of benzene rings is 2. The maximum absolute atomic E-state index is 9.37. The lowest BCUT2D eigenvalue weighted by atomic mass is 10.0. The van der Waals surface area contributed by atoms with Crippen LogP contribution in [0.2, 0.25) is 4.34 Å². The normalized spacial score (nSPS) is 11.5. The van der Waals surface area contributed by atoms with Gasteiger partial charge in [-0.1, -0.05) is 48.0 Å². The summed E-state index contributed by atoms with van der Waals surface area (Å²) in [5.74, 6) is 0. The summed E-state index contributed by atoms with van der Waals surface area (Å²) in [5.41, 5.74) is 1.57. The number of thiophene rings is 1. The molecular formula is C17H10ClNS. The highest BCUT2D eigenvalue weighted by molar-refractivity contribution is 7.17. The molecule has 3 rings (SSSR count). The summed E-state index contributed by atoms with van der Waals surface area (Å²) in [6.07, 6.45) is 1.88. The lowest BCUT2D eigenvalue weighted by Crippen LogP contribution is -1.82. The molecule has 20 heavy (non-hydrogen) atoms. The van der Waals surface area contributed by atoms with Crippen molar-refractivity contribution in [3.63, 3.8) is 0 Å². The third kappa shape index (κ3) is 2.60. The van der Waals surface area contributed by atoms with Crippen LogP contribution >= 0.6 is 22.9 Å². The first-order chi connectivity index (χ1) is 9.76. The van der Waals surface area contributed by atoms with Crippen LogP contribution in [0.25, 0.3) is 22.4 Å². The molecule has 0 bridgehead atoms. The van der Waals surface area contributed by atoms with Crippen LogP contribution in [0.1, 0.15) is 10.4 Å². The van der Waals surface area contributed by atoms with Crippen LogP contribution in [0.3, 0.4) is 0 Å². The van der Waals surface area contributed by atoms with Crippen molar-refractivity contribution < 1.29 is 0 Å². The van der Waals surface area contributed by atoms with E-state index in [0.717, 1.165) is 20.2 Å². The number of rotatable bonds is 2. The van der Waals surface area contributed by atoms with E-state index in [1.807, 2.05) is 48.5 Å². The number of nitriles is 1. The molecule has 2 aromatic carbocycles. The van der Waals surface area contributed by atoms with Crippen molar-refractivity contribution in [1.82, 2.24) is 0 Å². The van der Waals surface area contributed by atoms with E-state index in [1.165, 1.54) is 16.7 Å². The number of fused-ring (bicyclic) bond motifs is 1. The Kier molecular flexibility index (Phi) is 3.56. The molecule has 1 aromatic heterocycles. The van der Waals surface area contributed by atoms with Crippen molar-refractivity contribution in [2.75, 3.05) is 0 Å². The van der Waals surface area contributed by atoms with Crippen molar-refractivity contribution in [2.24, 2.45) is 0 Å². The number of hydrogen-bond donors (Lipinski definition) is 0. The van der Waals surface area contributed by atoms with Gasteiger partial charge in [0.2, 0.25) is 0 Å². The Balaban J connectivity index is 2.07. The lowest BCUT2D eigenvalue weighted by molar-refractivity contribution is 1.53. The molecular weight excluding hydrogens is 286 g/mol. The average molecular weight is 296 g/mol. The van der Waals surface area contributed by atoms with Crippen LogP contribution in [-0.2, 0) is 0 Å². The summed E-state index contributed by atoms with van der Waals surface area (Å²) in [7, 11) is 0. The van der Waals surface area contributed by atoms with Gasteiger partial charge in [-0.3, -0.25) is 0 Å². The molecule has 3 aromatic rings. The van der Waals surface area contributed by atoms with Gasteiger partial charge in [-0.2, -0.15) is 5.26 Å². The second-order valence-electron chi connectivity index (χ2n) is 4.37. The summed E-state index contributed by atoms with van der Waals surface area (Å²) in [4.78, 5) is 0.986. The minimum atomic E-state index is 0.647. The molecule has 0 fully saturated rings. The van der Waals surface area contributed by atoms with Crippen LogP contribution in [-0.4, -0.2) is 0 Å². The summed E-state index contributed by atoms with van der Waals surface area (Å²) >= 11 is 7.39. The molecule has 1 heterocycles. The van der Waals surface area contributed by atoms with Crippen LogP contribution in [0.5, 0.6) is 0 Å². The first-order valence-corrected chi connectivity index (χ1v) is 7.32. The number of allylic oxidation sites excluding steroid dienone is 1. The maximum atomic E-state index is 9.37. The van der Waals surface area contributed by atoms with E-state index < -0.39 is 0 Å². The van der Waals surface area contributed by atoms with Crippen molar-refractivity contribution in [2.45, 2.75) is 0 Å². The van der Waals surface area contributed by atoms with Crippen LogP contribution in [0.4, 0.5) is 0 Å². The lowest BCUT2D eigenvalue weighted by Gasteiger charge is -2.02. The number of hydrogen-bond acceptors (Lipinski definition) is 2. The van der Waals surface area contributed by atoms with Gasteiger partial charge in [0.25, 0.3) is 0 Å². The SMILES string of the molecule is N#C/C(=C/c1ccc(Cl)s1)c1ccc2ccccc2c1. The first-order valence-electron chi connectivity index (χ1n) is 6.12. The highest BCUT2D eigenvalue weighted by Gasteiger charge is 2.04. The molecule has 0 atom stereocenters. The molecule has 0 saturated heterocycles. The summed E-state index contributed by atoms with van der Waals surface area (Å²) in [6, 6.07) is 20.2. The molecule has 0 amide bonds. The van der Waals surface area contributed by atoms with E-state index >= 15 is 0 Å². The Bertz CT molecular complexity index is 839. The second kappa shape index (κ2) is 5.50. The van der Waals surface area contributed by atoms with Crippen LogP contribution in [0.15, 0.2) is 54.6 Å². The molecule has 0 aliphatic carbocycles. The monoisotopic (exact) mass is 295 g/mol. The zero-order valence-corrected chi connectivity index (χ0v) is 12.1. The Morgan fingerprint density at radius 3 is 2.55 bits per heavy atom. The molecule has 0 aliphatic heterocycles. The fourth-order valence-electron chi connectivity index (χ4n) is 2.09. The van der Waals surface area contributed by atoms with Crippen LogP contribution < -0.4 is 0 Å². The van der Waals surface area contributed by atoms with E-state index in [9.17, 15) is 5.26 Å². The Morgan fingerprint density at radius 2 is 1.85 bits per heavy atom.